The number of nitrogens with one attached hydrogen (secondary N) is 2. The molecule has 6 nitrogen and oxygen atoms in total. The van der Waals surface area contributed by atoms with Crippen LogP contribution in [0.1, 0.15) is 19.4 Å². The lowest BCUT2D eigenvalue weighted by molar-refractivity contribution is 0.230. The van der Waals surface area contributed by atoms with Crippen LogP contribution in [0.2, 0.25) is 0 Å². The quantitative estimate of drug-likeness (QED) is 0.364. The normalized spacial score (nSPS) is 12.2. The van der Waals surface area contributed by atoms with Crippen molar-refractivity contribution in [3.05, 3.63) is 48.3 Å². The second kappa shape index (κ2) is 11.7. The van der Waals surface area contributed by atoms with E-state index < -0.39 is 0 Å². The SMILES string of the molecule is CCNC(=NCC(C)Oc1cccc(C)c1)NCCn1cccn1.I. The molecule has 1 aromatic carbocycles. The molecular formula is C18H28IN5O. The van der Waals surface area contributed by atoms with Crippen molar-refractivity contribution in [2.75, 3.05) is 19.6 Å². The van der Waals surface area contributed by atoms with E-state index in [4.69, 9.17) is 4.74 Å². The van der Waals surface area contributed by atoms with Crippen LogP contribution in [-0.2, 0) is 6.54 Å². The molecule has 2 N–H and O–H groups in total. The largest absolute Gasteiger partial charge is 0.489 e. The number of halogens is 1. The number of ether oxygens (including phenoxy) is 1. The second-order valence-corrected chi connectivity index (χ2v) is 5.66. The van der Waals surface area contributed by atoms with Gasteiger partial charge in [0.25, 0.3) is 0 Å². The highest BCUT2D eigenvalue weighted by atomic mass is 127. The molecule has 0 bridgehead atoms. The molecule has 0 aliphatic heterocycles. The Hall–Kier alpha value is -1.77. The fraction of sp³-hybridized carbons (Fsp3) is 0.444. The van der Waals surface area contributed by atoms with Gasteiger partial charge in [-0.05, 0) is 44.5 Å². The fourth-order valence-corrected chi connectivity index (χ4v) is 2.24. The van der Waals surface area contributed by atoms with Crippen molar-refractivity contribution in [3.8, 4) is 5.75 Å². The van der Waals surface area contributed by atoms with E-state index in [1.54, 1.807) is 6.20 Å². The van der Waals surface area contributed by atoms with Crippen molar-refractivity contribution in [2.45, 2.75) is 33.4 Å². The van der Waals surface area contributed by atoms with Crippen LogP contribution in [0.5, 0.6) is 5.75 Å². The third-order valence-corrected chi connectivity index (χ3v) is 3.37. The molecule has 0 amide bonds. The van der Waals surface area contributed by atoms with Crippen molar-refractivity contribution < 1.29 is 4.74 Å². The average molecular weight is 457 g/mol. The number of nitrogens with zero attached hydrogens (tertiary/aromatic N) is 3. The molecule has 0 radical (unpaired) electrons. The first kappa shape index (κ1) is 21.3. The number of aryl methyl sites for hydroxylation is 1. The number of guanidine groups is 1. The van der Waals surface area contributed by atoms with Crippen LogP contribution in [-0.4, -0.2) is 41.5 Å². The molecule has 1 atom stereocenters. The molecule has 2 aromatic rings. The van der Waals surface area contributed by atoms with Gasteiger partial charge in [0.15, 0.2) is 5.96 Å². The minimum atomic E-state index is 0. The summed E-state index contributed by atoms with van der Waals surface area (Å²) in [5.41, 5.74) is 1.19. The van der Waals surface area contributed by atoms with Crippen LogP contribution >= 0.6 is 24.0 Å². The predicted octanol–water partition coefficient (Wildman–Crippen LogP) is 2.83. The zero-order valence-corrected chi connectivity index (χ0v) is 17.4. The molecule has 0 saturated carbocycles. The Morgan fingerprint density at radius 1 is 1.32 bits per heavy atom. The molecule has 0 saturated heterocycles. The first-order valence-electron chi connectivity index (χ1n) is 8.40. The van der Waals surface area contributed by atoms with Crippen molar-refractivity contribution in [2.24, 2.45) is 4.99 Å². The van der Waals surface area contributed by atoms with Crippen LogP contribution in [0.25, 0.3) is 0 Å². The van der Waals surface area contributed by atoms with E-state index in [0.717, 1.165) is 31.3 Å². The molecule has 0 fully saturated rings. The summed E-state index contributed by atoms with van der Waals surface area (Å²) in [5, 5.41) is 10.7. The van der Waals surface area contributed by atoms with Gasteiger partial charge in [0.1, 0.15) is 11.9 Å². The van der Waals surface area contributed by atoms with Crippen molar-refractivity contribution in [3.63, 3.8) is 0 Å². The lowest BCUT2D eigenvalue weighted by atomic mass is 10.2. The third kappa shape index (κ3) is 8.24. The van der Waals surface area contributed by atoms with E-state index in [2.05, 4.69) is 40.6 Å². The van der Waals surface area contributed by atoms with Gasteiger partial charge < -0.3 is 15.4 Å². The van der Waals surface area contributed by atoms with Gasteiger partial charge in [-0.3, -0.25) is 4.68 Å². The summed E-state index contributed by atoms with van der Waals surface area (Å²) in [6.45, 7) is 9.11. The van der Waals surface area contributed by atoms with Gasteiger partial charge in [0.2, 0.25) is 0 Å². The Morgan fingerprint density at radius 3 is 2.84 bits per heavy atom. The number of hydrogen-bond donors (Lipinski definition) is 2. The number of hydrogen-bond acceptors (Lipinski definition) is 3. The van der Waals surface area contributed by atoms with Crippen LogP contribution in [0.3, 0.4) is 0 Å². The smallest absolute Gasteiger partial charge is 0.191 e. The molecule has 7 heteroatoms. The number of benzene rings is 1. The maximum Gasteiger partial charge on any atom is 0.191 e. The van der Waals surface area contributed by atoms with Gasteiger partial charge >= 0.3 is 0 Å². The zero-order chi connectivity index (χ0) is 17.2. The molecule has 1 heterocycles. The van der Waals surface area contributed by atoms with Gasteiger partial charge in [-0.1, -0.05) is 12.1 Å². The summed E-state index contributed by atoms with van der Waals surface area (Å²) >= 11 is 0. The zero-order valence-electron chi connectivity index (χ0n) is 15.1. The predicted molar refractivity (Wildman–Crippen MR) is 113 cm³/mol. The highest BCUT2D eigenvalue weighted by molar-refractivity contribution is 14.0. The summed E-state index contributed by atoms with van der Waals surface area (Å²) in [7, 11) is 0. The lowest BCUT2D eigenvalue weighted by Crippen LogP contribution is -2.39. The van der Waals surface area contributed by atoms with Crippen molar-refractivity contribution in [1.82, 2.24) is 20.4 Å². The molecule has 1 aromatic heterocycles. The minimum Gasteiger partial charge on any atom is -0.489 e. The first-order chi connectivity index (χ1) is 11.7. The summed E-state index contributed by atoms with van der Waals surface area (Å²) in [5.74, 6) is 1.68. The van der Waals surface area contributed by atoms with Gasteiger partial charge in [0, 0.05) is 25.5 Å². The number of rotatable bonds is 8. The lowest BCUT2D eigenvalue weighted by Gasteiger charge is -2.15. The molecule has 0 aliphatic rings. The van der Waals surface area contributed by atoms with Crippen molar-refractivity contribution >= 4 is 29.9 Å². The molecule has 138 valence electrons. The highest BCUT2D eigenvalue weighted by Crippen LogP contribution is 2.14. The topological polar surface area (TPSA) is 63.5 Å². The molecule has 25 heavy (non-hydrogen) atoms. The molecule has 1 unspecified atom stereocenters. The number of aromatic nitrogens is 2. The van der Waals surface area contributed by atoms with Gasteiger partial charge in [0.05, 0.1) is 13.1 Å². The fourth-order valence-electron chi connectivity index (χ4n) is 2.24. The van der Waals surface area contributed by atoms with Crippen LogP contribution < -0.4 is 15.4 Å². The maximum absolute atomic E-state index is 5.91. The van der Waals surface area contributed by atoms with Gasteiger partial charge in [-0.25, -0.2) is 4.99 Å². The highest BCUT2D eigenvalue weighted by Gasteiger charge is 2.05. The number of aliphatic imine (C=N–C) groups is 1. The summed E-state index contributed by atoms with van der Waals surface area (Å²) in [6, 6.07) is 9.99. The second-order valence-electron chi connectivity index (χ2n) is 5.66. The molecular weight excluding hydrogens is 429 g/mol. The standard InChI is InChI=1S/C18H27N5O.HI/c1-4-19-18(20-10-12-23-11-6-9-22-23)21-14-16(3)24-17-8-5-7-15(2)13-17;/h5-9,11,13,16H,4,10,12,14H2,1-3H3,(H2,19,20,21);1H. The maximum atomic E-state index is 5.91. The van der Waals surface area contributed by atoms with Crippen molar-refractivity contribution in [1.29, 1.82) is 0 Å². The van der Waals surface area contributed by atoms with Gasteiger partial charge in [-0.2, -0.15) is 5.10 Å². The van der Waals surface area contributed by atoms with E-state index in [1.165, 1.54) is 5.56 Å². The van der Waals surface area contributed by atoms with E-state index in [9.17, 15) is 0 Å². The van der Waals surface area contributed by atoms with E-state index in [1.807, 2.05) is 42.1 Å². The van der Waals surface area contributed by atoms with Crippen LogP contribution in [0.4, 0.5) is 0 Å². The van der Waals surface area contributed by atoms with E-state index in [0.29, 0.717) is 6.54 Å². The third-order valence-electron chi connectivity index (χ3n) is 3.37. The van der Waals surface area contributed by atoms with E-state index >= 15 is 0 Å². The Kier molecular flexibility index (Phi) is 9.98. The molecule has 2 rings (SSSR count). The molecule has 0 spiro atoms. The Balaban J connectivity index is 0.00000312. The van der Waals surface area contributed by atoms with Crippen LogP contribution in [0.15, 0.2) is 47.7 Å². The van der Waals surface area contributed by atoms with E-state index in [-0.39, 0.29) is 30.1 Å². The summed E-state index contributed by atoms with van der Waals surface area (Å²) < 4.78 is 7.80. The van der Waals surface area contributed by atoms with Gasteiger partial charge in [-0.15, -0.1) is 24.0 Å². The average Bonchev–Trinajstić information content (AvgIpc) is 3.06. The Labute approximate surface area is 167 Å². The first-order valence-corrected chi connectivity index (χ1v) is 8.40. The summed E-state index contributed by atoms with van der Waals surface area (Å²) in [4.78, 5) is 4.59. The molecule has 0 aliphatic carbocycles. The Bertz CT molecular complexity index is 630. The minimum absolute atomic E-state index is 0. The Morgan fingerprint density at radius 2 is 2.16 bits per heavy atom. The summed E-state index contributed by atoms with van der Waals surface area (Å²) in [6.07, 6.45) is 3.74. The van der Waals surface area contributed by atoms with Crippen LogP contribution in [0, 0.1) is 6.92 Å². The monoisotopic (exact) mass is 457 g/mol.